The van der Waals surface area contributed by atoms with Gasteiger partial charge in [0.05, 0.1) is 10.0 Å². The first-order valence-electron chi connectivity index (χ1n) is 12.1. The van der Waals surface area contributed by atoms with E-state index in [0.29, 0.717) is 35.1 Å². The van der Waals surface area contributed by atoms with Crippen molar-refractivity contribution in [1.82, 2.24) is 14.8 Å². The molecule has 0 bridgehead atoms. The molecule has 1 fully saturated rings. The predicted octanol–water partition coefficient (Wildman–Crippen LogP) is 6.35. The average Bonchev–Trinajstić information content (AvgIpc) is 3.66. The van der Waals surface area contributed by atoms with Crippen LogP contribution in [0.15, 0.2) is 79.0 Å². The monoisotopic (exact) mass is 519 g/mol. The van der Waals surface area contributed by atoms with Crippen LogP contribution in [0.2, 0.25) is 10.0 Å². The lowest BCUT2D eigenvalue weighted by atomic mass is 10.1. The molecule has 1 aliphatic carbocycles. The van der Waals surface area contributed by atoms with Gasteiger partial charge in [0, 0.05) is 41.8 Å². The lowest BCUT2D eigenvalue weighted by Gasteiger charge is -2.28. The second-order valence-corrected chi connectivity index (χ2v) is 10.0. The minimum atomic E-state index is -0.0995. The summed E-state index contributed by atoms with van der Waals surface area (Å²) in [4.78, 5) is 33.7. The fourth-order valence-electron chi connectivity index (χ4n) is 4.49. The molecule has 2 amide bonds. The molecule has 0 saturated heterocycles. The van der Waals surface area contributed by atoms with E-state index in [-0.39, 0.29) is 24.4 Å². The molecule has 1 heterocycles. The van der Waals surface area contributed by atoms with E-state index in [1.165, 1.54) is 0 Å². The number of halogens is 2. The Bertz CT molecular complexity index is 1380. The van der Waals surface area contributed by atoms with Crippen molar-refractivity contribution < 1.29 is 9.59 Å². The Balaban J connectivity index is 1.36. The van der Waals surface area contributed by atoms with Gasteiger partial charge in [0.25, 0.3) is 5.91 Å². The highest BCUT2D eigenvalue weighted by molar-refractivity contribution is 6.42. The van der Waals surface area contributed by atoms with Gasteiger partial charge in [-0.2, -0.15) is 0 Å². The van der Waals surface area contributed by atoms with Gasteiger partial charge in [-0.05, 0) is 60.7 Å². The quantitative estimate of drug-likeness (QED) is 0.280. The maximum atomic E-state index is 13.7. The van der Waals surface area contributed by atoms with Gasteiger partial charge >= 0.3 is 0 Å². The first kappa shape index (κ1) is 24.4. The van der Waals surface area contributed by atoms with Crippen LogP contribution in [0.25, 0.3) is 10.9 Å². The van der Waals surface area contributed by atoms with E-state index in [1.807, 2.05) is 53.6 Å². The summed E-state index contributed by atoms with van der Waals surface area (Å²) in [7, 11) is 0. The van der Waals surface area contributed by atoms with Crippen LogP contribution >= 0.6 is 23.2 Å². The van der Waals surface area contributed by atoms with Crippen LogP contribution in [0, 0.1) is 0 Å². The summed E-state index contributed by atoms with van der Waals surface area (Å²) in [5.41, 5.74) is 3.72. The number of fused-ring (bicyclic) bond motifs is 1. The molecule has 0 atom stereocenters. The van der Waals surface area contributed by atoms with Crippen molar-refractivity contribution >= 4 is 45.9 Å². The third-order valence-electron chi connectivity index (χ3n) is 6.61. The van der Waals surface area contributed by atoms with Crippen molar-refractivity contribution in [3.8, 4) is 0 Å². The number of rotatable bonds is 9. The maximum absolute atomic E-state index is 13.7. The Morgan fingerprint density at radius 2 is 1.67 bits per heavy atom. The van der Waals surface area contributed by atoms with E-state index in [9.17, 15) is 9.59 Å². The molecule has 5 nitrogen and oxygen atoms in total. The van der Waals surface area contributed by atoms with Crippen molar-refractivity contribution in [2.75, 3.05) is 13.1 Å². The Morgan fingerprint density at radius 3 is 2.42 bits per heavy atom. The number of H-pyrrole nitrogens is 1. The molecular formula is C29H27Cl2N3O2. The number of hydrogen-bond donors (Lipinski definition) is 1. The van der Waals surface area contributed by atoms with E-state index < -0.39 is 0 Å². The molecule has 0 unspecified atom stereocenters. The number of benzene rings is 3. The third kappa shape index (κ3) is 5.58. The van der Waals surface area contributed by atoms with Gasteiger partial charge in [-0.1, -0.05) is 65.7 Å². The second-order valence-electron chi connectivity index (χ2n) is 9.20. The zero-order valence-corrected chi connectivity index (χ0v) is 21.3. The van der Waals surface area contributed by atoms with Gasteiger partial charge in [-0.3, -0.25) is 9.59 Å². The molecule has 0 spiro atoms. The average molecular weight is 520 g/mol. The number of para-hydroxylation sites is 1. The van der Waals surface area contributed by atoms with Crippen LogP contribution in [-0.2, 0) is 17.8 Å². The summed E-state index contributed by atoms with van der Waals surface area (Å²) in [5.74, 6) is -0.185. The molecule has 1 aliphatic rings. The van der Waals surface area contributed by atoms with Crippen molar-refractivity contribution in [2.45, 2.75) is 31.8 Å². The summed E-state index contributed by atoms with van der Waals surface area (Å²) in [6.07, 6.45) is 4.54. The maximum Gasteiger partial charge on any atom is 0.254 e. The second kappa shape index (κ2) is 10.8. The molecule has 5 rings (SSSR count). The molecule has 1 aromatic heterocycles. The highest BCUT2D eigenvalue weighted by Gasteiger charge is 2.35. The number of aromatic nitrogens is 1. The van der Waals surface area contributed by atoms with Crippen molar-refractivity contribution in [1.29, 1.82) is 0 Å². The summed E-state index contributed by atoms with van der Waals surface area (Å²) in [6.45, 7) is 0.947. The van der Waals surface area contributed by atoms with Gasteiger partial charge in [0.15, 0.2) is 0 Å². The lowest BCUT2D eigenvalue weighted by Crippen LogP contribution is -2.44. The number of hydrogen-bond acceptors (Lipinski definition) is 2. The topological polar surface area (TPSA) is 56.4 Å². The summed E-state index contributed by atoms with van der Waals surface area (Å²) in [6, 6.07) is 22.8. The van der Waals surface area contributed by atoms with Crippen molar-refractivity contribution in [2.24, 2.45) is 0 Å². The first-order valence-corrected chi connectivity index (χ1v) is 12.9. The normalized spacial score (nSPS) is 13.1. The van der Waals surface area contributed by atoms with Crippen LogP contribution in [0.3, 0.4) is 0 Å². The van der Waals surface area contributed by atoms with Gasteiger partial charge < -0.3 is 14.8 Å². The van der Waals surface area contributed by atoms with Crippen molar-refractivity contribution in [3.05, 3.63) is 106 Å². The van der Waals surface area contributed by atoms with E-state index in [2.05, 4.69) is 11.1 Å². The zero-order chi connectivity index (χ0) is 25.1. The summed E-state index contributed by atoms with van der Waals surface area (Å²) < 4.78 is 0. The number of carbonyl (C=O) groups excluding carboxylic acids is 2. The molecule has 7 heteroatoms. The number of amides is 2. The molecule has 1 saturated carbocycles. The van der Waals surface area contributed by atoms with Crippen LogP contribution in [-0.4, -0.2) is 45.7 Å². The molecular weight excluding hydrogens is 493 g/mol. The van der Waals surface area contributed by atoms with Gasteiger partial charge in [0.1, 0.15) is 6.54 Å². The molecule has 1 N–H and O–H groups in total. The minimum Gasteiger partial charge on any atom is -0.361 e. The third-order valence-corrected chi connectivity index (χ3v) is 7.35. The van der Waals surface area contributed by atoms with Gasteiger partial charge in [-0.15, -0.1) is 0 Å². The Labute approximate surface area is 220 Å². The number of aromatic amines is 1. The predicted molar refractivity (Wildman–Crippen MR) is 144 cm³/mol. The highest BCUT2D eigenvalue weighted by Crippen LogP contribution is 2.29. The van der Waals surface area contributed by atoms with E-state index in [1.54, 1.807) is 29.2 Å². The lowest BCUT2D eigenvalue weighted by molar-refractivity contribution is -0.132. The SMILES string of the molecule is O=C(CN(C(=O)c1ccccc1)C1CC1)N(CCc1c[nH]c2ccccc12)Cc1ccc(Cl)c(Cl)c1. The summed E-state index contributed by atoms with van der Waals surface area (Å²) >= 11 is 12.4. The first-order chi connectivity index (χ1) is 17.5. The number of nitrogens with one attached hydrogen (secondary N) is 1. The fraction of sp³-hybridized carbons (Fsp3) is 0.241. The standard InChI is InChI=1S/C29H27Cl2N3O2/c30-25-13-10-20(16-26(25)31)18-33(15-14-22-17-32-27-9-5-4-8-24(22)27)28(35)19-34(23-11-12-23)29(36)21-6-2-1-3-7-21/h1-10,13,16-17,23,32H,11-12,14-15,18-19H2. The minimum absolute atomic E-state index is 0.0492. The van der Waals surface area contributed by atoms with Gasteiger partial charge in [0.2, 0.25) is 5.91 Å². The molecule has 36 heavy (non-hydrogen) atoms. The van der Waals surface area contributed by atoms with E-state index in [0.717, 1.165) is 34.9 Å². The van der Waals surface area contributed by atoms with E-state index >= 15 is 0 Å². The molecule has 4 aromatic rings. The Kier molecular flexibility index (Phi) is 7.30. The molecule has 184 valence electrons. The fourth-order valence-corrected chi connectivity index (χ4v) is 4.81. The molecule has 3 aromatic carbocycles. The Morgan fingerprint density at radius 1 is 0.917 bits per heavy atom. The number of carbonyl (C=O) groups is 2. The summed E-state index contributed by atoms with van der Waals surface area (Å²) in [5, 5.41) is 2.08. The molecule has 0 aliphatic heterocycles. The van der Waals surface area contributed by atoms with Crippen LogP contribution in [0.4, 0.5) is 0 Å². The molecule has 0 radical (unpaired) electrons. The highest BCUT2D eigenvalue weighted by atomic mass is 35.5. The van der Waals surface area contributed by atoms with Crippen LogP contribution in [0.1, 0.15) is 34.3 Å². The Hall–Kier alpha value is -3.28. The largest absolute Gasteiger partial charge is 0.361 e. The van der Waals surface area contributed by atoms with Gasteiger partial charge in [-0.25, -0.2) is 0 Å². The van der Waals surface area contributed by atoms with Crippen LogP contribution < -0.4 is 0 Å². The van der Waals surface area contributed by atoms with E-state index in [4.69, 9.17) is 23.2 Å². The van der Waals surface area contributed by atoms with Crippen LogP contribution in [0.5, 0.6) is 0 Å². The smallest absolute Gasteiger partial charge is 0.254 e. The zero-order valence-electron chi connectivity index (χ0n) is 19.8. The van der Waals surface area contributed by atoms with Crippen molar-refractivity contribution in [3.63, 3.8) is 0 Å². The number of nitrogens with zero attached hydrogens (tertiary/aromatic N) is 2.